The van der Waals surface area contributed by atoms with E-state index in [1.54, 1.807) is 0 Å². The van der Waals surface area contributed by atoms with Gasteiger partial charge in [-0.05, 0) is 62.1 Å². The number of rotatable bonds is 3. The maximum absolute atomic E-state index is 4.24. The van der Waals surface area contributed by atoms with Gasteiger partial charge < -0.3 is 0 Å². The topological polar surface area (TPSA) is 0 Å². The van der Waals surface area contributed by atoms with Crippen LogP contribution >= 0.6 is 22.7 Å². The molecule has 0 saturated carbocycles. The second kappa shape index (κ2) is 4.87. The van der Waals surface area contributed by atoms with E-state index in [0.717, 1.165) is 11.1 Å². The van der Waals surface area contributed by atoms with Gasteiger partial charge in [0.05, 0.1) is 0 Å². The molecular formula is C16H18S2. The molecule has 0 saturated heterocycles. The van der Waals surface area contributed by atoms with Crippen molar-refractivity contribution >= 4 is 33.8 Å². The lowest BCUT2D eigenvalue weighted by atomic mass is 9.95. The number of hydrogen-bond donors (Lipinski definition) is 0. The summed E-state index contributed by atoms with van der Waals surface area (Å²) in [4.78, 5) is 5.30. The molecule has 0 atom stereocenters. The quantitative estimate of drug-likeness (QED) is 0.623. The fourth-order valence-electron chi connectivity index (χ4n) is 2.19. The van der Waals surface area contributed by atoms with Gasteiger partial charge >= 0.3 is 0 Å². The molecule has 18 heavy (non-hydrogen) atoms. The largest absolute Gasteiger partial charge is 0.145 e. The summed E-state index contributed by atoms with van der Waals surface area (Å²) in [5, 5.41) is 0. The van der Waals surface area contributed by atoms with Crippen molar-refractivity contribution < 1.29 is 0 Å². The van der Waals surface area contributed by atoms with Crippen LogP contribution in [-0.2, 0) is 0 Å². The molecule has 0 unspecified atom stereocenters. The summed E-state index contributed by atoms with van der Waals surface area (Å²) in [5.41, 5.74) is 4.59. The Kier molecular flexibility index (Phi) is 3.60. The Morgan fingerprint density at radius 2 is 1.11 bits per heavy atom. The molecule has 0 spiro atoms. The van der Waals surface area contributed by atoms with Crippen LogP contribution in [0.2, 0.25) is 0 Å². The zero-order valence-corrected chi connectivity index (χ0v) is 13.0. The third kappa shape index (κ3) is 2.36. The van der Waals surface area contributed by atoms with Crippen molar-refractivity contribution in [2.24, 2.45) is 0 Å². The first-order chi connectivity index (χ1) is 8.40. The molecule has 0 aliphatic rings. The Hall–Kier alpha value is -1.12. The minimum atomic E-state index is 1.05. The monoisotopic (exact) mass is 274 g/mol. The van der Waals surface area contributed by atoms with Gasteiger partial charge in [0.25, 0.3) is 0 Å². The maximum Gasteiger partial charge on any atom is 0.00954 e. The van der Waals surface area contributed by atoms with Crippen LogP contribution in [0.4, 0.5) is 0 Å². The van der Waals surface area contributed by atoms with E-state index in [9.17, 15) is 0 Å². The molecule has 0 bridgehead atoms. The van der Waals surface area contributed by atoms with Gasteiger partial charge in [-0.15, -0.1) is 22.7 Å². The molecule has 2 aromatic rings. The first-order valence-electron chi connectivity index (χ1n) is 5.93. The highest BCUT2D eigenvalue weighted by Crippen LogP contribution is 2.37. The zero-order valence-electron chi connectivity index (χ0n) is 11.4. The van der Waals surface area contributed by atoms with E-state index in [1.807, 2.05) is 22.7 Å². The highest BCUT2D eigenvalue weighted by molar-refractivity contribution is 7.12. The van der Waals surface area contributed by atoms with E-state index >= 15 is 0 Å². The highest BCUT2D eigenvalue weighted by atomic mass is 32.1. The Labute approximate surface area is 117 Å². The number of thiophene rings is 2. The van der Waals surface area contributed by atoms with Crippen molar-refractivity contribution in [2.45, 2.75) is 27.7 Å². The van der Waals surface area contributed by atoms with E-state index in [0.29, 0.717) is 0 Å². The summed E-state index contributed by atoms with van der Waals surface area (Å²) in [7, 11) is 0. The van der Waals surface area contributed by atoms with E-state index in [-0.39, 0.29) is 0 Å². The normalized spacial score (nSPS) is 10.7. The van der Waals surface area contributed by atoms with E-state index in [4.69, 9.17) is 0 Å². The van der Waals surface area contributed by atoms with Gasteiger partial charge in [-0.25, -0.2) is 0 Å². The Bertz CT molecular complexity index is 567. The summed E-state index contributed by atoms with van der Waals surface area (Å²) in [6.45, 7) is 17.0. The van der Waals surface area contributed by atoms with Crippen LogP contribution in [0.15, 0.2) is 25.3 Å². The number of allylic oxidation sites excluding steroid dienone is 2. The van der Waals surface area contributed by atoms with Crippen LogP contribution in [-0.4, -0.2) is 0 Å². The third-order valence-electron chi connectivity index (χ3n) is 3.10. The molecule has 0 N–H and O–H groups in total. The van der Waals surface area contributed by atoms with Gasteiger partial charge in [0, 0.05) is 19.5 Å². The average Bonchev–Trinajstić information content (AvgIpc) is 2.79. The van der Waals surface area contributed by atoms with Gasteiger partial charge in [-0.2, -0.15) is 0 Å². The molecule has 2 heterocycles. The Balaban J connectivity index is 2.38. The molecule has 0 amide bonds. The average molecular weight is 274 g/mol. The lowest BCUT2D eigenvalue weighted by molar-refractivity contribution is 1.52. The van der Waals surface area contributed by atoms with Crippen molar-refractivity contribution in [1.82, 2.24) is 0 Å². The summed E-state index contributed by atoms with van der Waals surface area (Å²) < 4.78 is 0. The van der Waals surface area contributed by atoms with E-state index in [2.05, 4.69) is 53.0 Å². The Morgan fingerprint density at radius 3 is 1.33 bits per heavy atom. The van der Waals surface area contributed by atoms with Gasteiger partial charge in [0.1, 0.15) is 0 Å². The lowest BCUT2D eigenvalue weighted by Crippen LogP contribution is -1.88. The highest BCUT2D eigenvalue weighted by Gasteiger charge is 2.14. The molecule has 94 valence electrons. The molecule has 0 nitrogen and oxygen atoms in total. The van der Waals surface area contributed by atoms with Crippen LogP contribution in [0.1, 0.15) is 30.6 Å². The first-order valence-corrected chi connectivity index (χ1v) is 7.56. The van der Waals surface area contributed by atoms with Crippen molar-refractivity contribution in [2.75, 3.05) is 0 Å². The summed E-state index contributed by atoms with van der Waals surface area (Å²) >= 11 is 3.64. The van der Waals surface area contributed by atoms with Crippen molar-refractivity contribution in [3.63, 3.8) is 0 Å². The molecule has 2 rings (SSSR count). The lowest BCUT2D eigenvalue weighted by Gasteiger charge is -2.09. The summed E-state index contributed by atoms with van der Waals surface area (Å²) in [6, 6.07) is 4.42. The van der Waals surface area contributed by atoms with Gasteiger partial charge in [0.2, 0.25) is 0 Å². The Morgan fingerprint density at radius 1 is 0.778 bits per heavy atom. The van der Waals surface area contributed by atoms with Crippen molar-refractivity contribution in [3.05, 3.63) is 55.9 Å². The molecule has 0 aliphatic heterocycles. The summed E-state index contributed by atoms with van der Waals surface area (Å²) in [5.74, 6) is 0. The molecule has 0 aliphatic carbocycles. The van der Waals surface area contributed by atoms with Crippen LogP contribution in [0.25, 0.3) is 11.1 Å². The van der Waals surface area contributed by atoms with Gasteiger partial charge in [0.15, 0.2) is 0 Å². The number of hydrogen-bond acceptors (Lipinski definition) is 2. The fourth-order valence-corrected chi connectivity index (χ4v) is 4.09. The van der Waals surface area contributed by atoms with Crippen LogP contribution in [0.5, 0.6) is 0 Å². The first kappa shape index (κ1) is 13.3. The fraction of sp³-hybridized carbons (Fsp3) is 0.250. The zero-order chi connectivity index (χ0) is 13.4. The van der Waals surface area contributed by atoms with Gasteiger partial charge in [-0.3, -0.25) is 0 Å². The molecule has 0 aromatic carbocycles. The molecule has 2 heteroatoms. The predicted molar refractivity (Wildman–Crippen MR) is 85.7 cm³/mol. The smallest absolute Gasteiger partial charge is 0.00954 e. The van der Waals surface area contributed by atoms with E-state index in [1.165, 1.54) is 30.6 Å². The molecular weight excluding hydrogens is 256 g/mol. The second-order valence-electron chi connectivity index (χ2n) is 4.61. The van der Waals surface area contributed by atoms with E-state index < -0.39 is 0 Å². The molecule has 0 radical (unpaired) electrons. The minimum absolute atomic E-state index is 1.05. The SMILES string of the molecule is C=C(C(=C)c1cc(C)sc1C)c1cc(C)sc1C. The second-order valence-corrected chi connectivity index (χ2v) is 7.53. The van der Waals surface area contributed by atoms with Gasteiger partial charge in [-0.1, -0.05) is 13.2 Å². The third-order valence-corrected chi connectivity index (χ3v) is 5.03. The molecule has 2 aromatic heterocycles. The minimum Gasteiger partial charge on any atom is -0.145 e. The predicted octanol–water partition coefficient (Wildman–Crippen LogP) is 5.77. The maximum atomic E-state index is 4.24. The summed E-state index contributed by atoms with van der Waals surface area (Å²) in [6.07, 6.45) is 0. The number of aryl methyl sites for hydroxylation is 4. The molecule has 0 fully saturated rings. The van der Waals surface area contributed by atoms with Crippen LogP contribution in [0, 0.1) is 27.7 Å². The standard InChI is InChI=1S/C16H18S2/c1-9-7-15(13(5)17-9)11(3)12(4)16-8-10(2)18-14(16)6/h7-8H,3-4H2,1-2,5-6H3. The van der Waals surface area contributed by atoms with Crippen LogP contribution < -0.4 is 0 Å². The van der Waals surface area contributed by atoms with Crippen LogP contribution in [0.3, 0.4) is 0 Å². The van der Waals surface area contributed by atoms with Crippen molar-refractivity contribution in [1.29, 1.82) is 0 Å². The van der Waals surface area contributed by atoms with Crippen molar-refractivity contribution in [3.8, 4) is 0 Å².